The molecule has 2 amide bonds. The normalized spacial score (nSPS) is 19.9. The molecule has 2 fully saturated rings. The highest BCUT2D eigenvalue weighted by Crippen LogP contribution is 2.24. The van der Waals surface area contributed by atoms with Crippen molar-refractivity contribution >= 4 is 17.8 Å². The van der Waals surface area contributed by atoms with Gasteiger partial charge in [-0.15, -0.1) is 0 Å². The molecule has 2 aliphatic rings. The van der Waals surface area contributed by atoms with Crippen molar-refractivity contribution in [2.75, 3.05) is 38.8 Å². The number of thioether (sulfide) groups is 1. The van der Waals surface area contributed by atoms with Crippen LogP contribution < -0.4 is 10.1 Å². The summed E-state index contributed by atoms with van der Waals surface area (Å²) in [7, 11) is 3.51. The summed E-state index contributed by atoms with van der Waals surface area (Å²) in [5.41, 5.74) is 1.08. The summed E-state index contributed by atoms with van der Waals surface area (Å²) < 4.78 is 5.25. The zero-order valence-electron chi connectivity index (χ0n) is 15.9. The largest absolute Gasteiger partial charge is 0.497 e. The average Bonchev–Trinajstić information content (AvgIpc) is 2.69. The van der Waals surface area contributed by atoms with Crippen LogP contribution in [0.4, 0.5) is 4.79 Å². The molecule has 6 heteroatoms. The van der Waals surface area contributed by atoms with Gasteiger partial charge >= 0.3 is 6.03 Å². The molecule has 0 atom stereocenters. The Bertz CT molecular complexity index is 584. The van der Waals surface area contributed by atoms with Crippen LogP contribution in [0.3, 0.4) is 0 Å². The minimum absolute atomic E-state index is 0.0142. The summed E-state index contributed by atoms with van der Waals surface area (Å²) in [6.07, 6.45) is 4.76. The van der Waals surface area contributed by atoms with Crippen LogP contribution in [0.1, 0.15) is 31.2 Å². The number of benzene rings is 1. The van der Waals surface area contributed by atoms with Crippen LogP contribution in [0.25, 0.3) is 0 Å². The van der Waals surface area contributed by atoms with Crippen LogP contribution >= 0.6 is 11.8 Å². The van der Waals surface area contributed by atoms with E-state index in [0.29, 0.717) is 12.6 Å². The lowest BCUT2D eigenvalue weighted by Crippen LogP contribution is -2.50. The topological polar surface area (TPSA) is 44.8 Å². The number of amides is 2. The van der Waals surface area contributed by atoms with Gasteiger partial charge in [0, 0.05) is 38.8 Å². The van der Waals surface area contributed by atoms with E-state index in [0.717, 1.165) is 43.3 Å². The zero-order valence-corrected chi connectivity index (χ0v) is 16.8. The minimum atomic E-state index is 0.0142. The van der Waals surface area contributed by atoms with Crippen LogP contribution in [0.15, 0.2) is 24.3 Å². The molecule has 1 N–H and O–H groups in total. The Kier molecular flexibility index (Phi) is 7.08. The van der Waals surface area contributed by atoms with E-state index in [2.05, 4.69) is 22.0 Å². The SMILES string of the molecule is COc1cccc(CN(C)C(=O)NC2CCN(C3CCSCC3)CC2)c1. The third kappa shape index (κ3) is 5.30. The van der Waals surface area contributed by atoms with Crippen molar-refractivity contribution in [2.45, 2.75) is 44.3 Å². The molecule has 0 radical (unpaired) electrons. The number of hydrogen-bond donors (Lipinski definition) is 1. The molecule has 0 saturated carbocycles. The number of likely N-dealkylation sites (tertiary alicyclic amines) is 1. The van der Waals surface area contributed by atoms with E-state index in [1.165, 1.54) is 24.3 Å². The highest BCUT2D eigenvalue weighted by molar-refractivity contribution is 7.99. The van der Waals surface area contributed by atoms with Crippen LogP contribution in [0.5, 0.6) is 5.75 Å². The Morgan fingerprint density at radius 2 is 2.00 bits per heavy atom. The Labute approximate surface area is 161 Å². The molecule has 5 nitrogen and oxygen atoms in total. The molecule has 0 unspecified atom stereocenters. The number of nitrogens with one attached hydrogen (secondary N) is 1. The molecule has 0 spiro atoms. The molecule has 26 heavy (non-hydrogen) atoms. The van der Waals surface area contributed by atoms with Gasteiger partial charge in [0.1, 0.15) is 5.75 Å². The van der Waals surface area contributed by atoms with Crippen molar-refractivity contribution < 1.29 is 9.53 Å². The fourth-order valence-corrected chi connectivity index (χ4v) is 4.94. The molecule has 144 valence electrons. The second-order valence-electron chi connectivity index (χ2n) is 7.31. The predicted octanol–water partition coefficient (Wildman–Crippen LogP) is 3.20. The van der Waals surface area contributed by atoms with Gasteiger partial charge in [0.25, 0.3) is 0 Å². The lowest BCUT2D eigenvalue weighted by Gasteiger charge is -2.39. The number of ether oxygens (including phenoxy) is 1. The molecule has 0 aliphatic carbocycles. The lowest BCUT2D eigenvalue weighted by molar-refractivity contribution is 0.133. The van der Waals surface area contributed by atoms with Crippen LogP contribution in [-0.2, 0) is 6.54 Å². The monoisotopic (exact) mass is 377 g/mol. The Morgan fingerprint density at radius 1 is 1.27 bits per heavy atom. The fourth-order valence-electron chi connectivity index (χ4n) is 3.86. The van der Waals surface area contributed by atoms with Gasteiger partial charge in [0.15, 0.2) is 0 Å². The van der Waals surface area contributed by atoms with E-state index in [1.807, 2.05) is 31.3 Å². The molecule has 3 rings (SSSR count). The van der Waals surface area contributed by atoms with Gasteiger partial charge in [-0.25, -0.2) is 4.79 Å². The van der Waals surface area contributed by atoms with Gasteiger partial charge in [-0.05, 0) is 54.9 Å². The maximum absolute atomic E-state index is 12.5. The van der Waals surface area contributed by atoms with Gasteiger partial charge in [-0.3, -0.25) is 0 Å². The number of hydrogen-bond acceptors (Lipinski definition) is 4. The first-order chi connectivity index (χ1) is 12.7. The van der Waals surface area contributed by atoms with E-state index in [1.54, 1.807) is 12.0 Å². The van der Waals surface area contributed by atoms with Crippen LogP contribution in [0, 0.1) is 0 Å². The highest BCUT2D eigenvalue weighted by Gasteiger charge is 2.27. The molecule has 0 bridgehead atoms. The van der Waals surface area contributed by atoms with Crippen molar-refractivity contribution in [3.05, 3.63) is 29.8 Å². The van der Waals surface area contributed by atoms with Crippen molar-refractivity contribution in [1.29, 1.82) is 0 Å². The molecular formula is C20H31N3O2S. The first-order valence-corrected chi connectivity index (χ1v) is 10.8. The van der Waals surface area contributed by atoms with Gasteiger partial charge in [-0.1, -0.05) is 12.1 Å². The van der Waals surface area contributed by atoms with Crippen molar-refractivity contribution in [3.63, 3.8) is 0 Å². The first-order valence-electron chi connectivity index (χ1n) is 9.62. The maximum atomic E-state index is 12.5. The number of rotatable bonds is 5. The Hall–Kier alpha value is -1.40. The molecule has 2 heterocycles. The van der Waals surface area contributed by atoms with Gasteiger partial charge in [-0.2, -0.15) is 11.8 Å². The summed E-state index contributed by atoms with van der Waals surface area (Å²) in [6.45, 7) is 2.81. The molecular weight excluding hydrogens is 346 g/mol. The minimum Gasteiger partial charge on any atom is -0.497 e. The summed E-state index contributed by atoms with van der Waals surface area (Å²) >= 11 is 2.08. The molecule has 1 aromatic rings. The summed E-state index contributed by atoms with van der Waals surface area (Å²) in [5.74, 6) is 3.43. The van der Waals surface area contributed by atoms with Gasteiger partial charge in [0.05, 0.1) is 7.11 Å². The fraction of sp³-hybridized carbons (Fsp3) is 0.650. The number of nitrogens with zero attached hydrogens (tertiary/aromatic N) is 2. The molecule has 0 aromatic heterocycles. The average molecular weight is 378 g/mol. The van der Waals surface area contributed by atoms with Crippen LogP contribution in [0.2, 0.25) is 0 Å². The molecule has 2 saturated heterocycles. The van der Waals surface area contributed by atoms with E-state index in [-0.39, 0.29) is 6.03 Å². The number of carbonyl (C=O) groups excluding carboxylic acids is 1. The standard InChI is InChI=1S/C20H31N3O2S/c1-22(15-16-4-3-5-19(14-16)25-2)20(24)21-17-6-10-23(11-7-17)18-8-12-26-13-9-18/h3-5,14,17-18H,6-13,15H2,1-2H3,(H,21,24). The number of piperidine rings is 1. The van der Waals surface area contributed by atoms with E-state index < -0.39 is 0 Å². The summed E-state index contributed by atoms with van der Waals surface area (Å²) in [5, 5.41) is 3.22. The maximum Gasteiger partial charge on any atom is 0.317 e. The third-order valence-corrected chi connectivity index (χ3v) is 6.51. The first kappa shape index (κ1) is 19.4. The van der Waals surface area contributed by atoms with Gasteiger partial charge in [0.2, 0.25) is 0 Å². The van der Waals surface area contributed by atoms with E-state index >= 15 is 0 Å². The predicted molar refractivity (Wildman–Crippen MR) is 108 cm³/mol. The number of urea groups is 1. The third-order valence-electron chi connectivity index (χ3n) is 5.46. The van der Waals surface area contributed by atoms with E-state index in [9.17, 15) is 4.79 Å². The van der Waals surface area contributed by atoms with Crippen molar-refractivity contribution in [2.24, 2.45) is 0 Å². The summed E-state index contributed by atoms with van der Waals surface area (Å²) in [4.78, 5) is 16.9. The number of carbonyl (C=O) groups is 1. The van der Waals surface area contributed by atoms with Crippen LogP contribution in [-0.4, -0.2) is 66.7 Å². The molecule has 2 aliphatic heterocycles. The lowest BCUT2D eigenvalue weighted by atomic mass is 10.0. The smallest absolute Gasteiger partial charge is 0.317 e. The van der Waals surface area contributed by atoms with Crippen molar-refractivity contribution in [1.82, 2.24) is 15.1 Å². The second kappa shape index (κ2) is 9.51. The van der Waals surface area contributed by atoms with Gasteiger partial charge < -0.3 is 19.9 Å². The van der Waals surface area contributed by atoms with E-state index in [4.69, 9.17) is 4.74 Å². The Balaban J connectivity index is 1.43. The molecule has 1 aromatic carbocycles. The highest BCUT2D eigenvalue weighted by atomic mass is 32.2. The second-order valence-corrected chi connectivity index (χ2v) is 8.54. The zero-order chi connectivity index (χ0) is 18.4. The Morgan fingerprint density at radius 3 is 2.69 bits per heavy atom. The number of methoxy groups -OCH3 is 1. The van der Waals surface area contributed by atoms with Crippen molar-refractivity contribution in [3.8, 4) is 5.75 Å². The quantitative estimate of drug-likeness (QED) is 0.856. The summed E-state index contributed by atoms with van der Waals surface area (Å²) in [6, 6.07) is 8.95.